The van der Waals surface area contributed by atoms with Gasteiger partial charge in [-0.05, 0) is 58.6 Å². The fourth-order valence-corrected chi connectivity index (χ4v) is 2.62. The second-order valence-corrected chi connectivity index (χ2v) is 5.25. The zero-order chi connectivity index (χ0) is 16.1. The van der Waals surface area contributed by atoms with Crippen LogP contribution in [0.3, 0.4) is 0 Å². The van der Waals surface area contributed by atoms with E-state index in [4.69, 9.17) is 4.74 Å². The maximum atomic E-state index is 10.2. The van der Waals surface area contributed by atoms with Crippen molar-refractivity contribution in [1.82, 2.24) is 9.80 Å². The fourth-order valence-electron chi connectivity index (χ4n) is 2.62. The highest BCUT2D eigenvalue weighted by atomic mass is 16.5. The molecular formula is C16H16N4O3. The van der Waals surface area contributed by atoms with Crippen molar-refractivity contribution in [3.05, 3.63) is 82.5 Å². The van der Waals surface area contributed by atoms with Crippen LogP contribution in [-0.4, -0.2) is 22.3 Å². The standard InChI is InChI=1S/C16H16N4O3/c21-17-11-13-3-7-19(8-4-13)15-1-2-16(23-15)20-9-5-14(6-10-20)12-18-22/h3-12,15-16H,1-2H2. The molecule has 23 heavy (non-hydrogen) atoms. The molecule has 7 nitrogen and oxygen atoms in total. The summed E-state index contributed by atoms with van der Waals surface area (Å²) in [5.41, 5.74) is 1.52. The molecular weight excluding hydrogens is 296 g/mol. The number of hydrogen-bond acceptors (Lipinski definition) is 7. The van der Waals surface area contributed by atoms with Crippen molar-refractivity contribution in [2.45, 2.75) is 25.3 Å². The maximum Gasteiger partial charge on any atom is 0.136 e. The minimum Gasteiger partial charge on any atom is -0.335 e. The third kappa shape index (κ3) is 3.51. The lowest BCUT2D eigenvalue weighted by Gasteiger charge is -2.29. The highest BCUT2D eigenvalue weighted by Crippen LogP contribution is 2.29. The number of hydrogen-bond donors (Lipinski definition) is 0. The highest BCUT2D eigenvalue weighted by molar-refractivity contribution is 5.34. The Morgan fingerprint density at radius 1 is 0.826 bits per heavy atom. The zero-order valence-electron chi connectivity index (χ0n) is 12.4. The van der Waals surface area contributed by atoms with Gasteiger partial charge in [-0.25, -0.2) is 0 Å². The first-order valence-electron chi connectivity index (χ1n) is 7.28. The Kier molecular flexibility index (Phi) is 4.58. The molecule has 0 aromatic heterocycles. The number of ether oxygens (including phenoxy) is 1. The first kappa shape index (κ1) is 15.1. The van der Waals surface area contributed by atoms with Crippen LogP contribution in [0.25, 0.3) is 0 Å². The molecule has 3 aliphatic heterocycles. The minimum absolute atomic E-state index is 0.0476. The molecule has 1 fully saturated rings. The Balaban J connectivity index is 1.58. The van der Waals surface area contributed by atoms with E-state index in [1.807, 2.05) is 58.9 Å². The van der Waals surface area contributed by atoms with Crippen molar-refractivity contribution in [1.29, 1.82) is 0 Å². The smallest absolute Gasteiger partial charge is 0.136 e. The van der Waals surface area contributed by atoms with Gasteiger partial charge in [0, 0.05) is 24.8 Å². The predicted molar refractivity (Wildman–Crippen MR) is 85.9 cm³/mol. The van der Waals surface area contributed by atoms with Gasteiger partial charge < -0.3 is 14.5 Å². The lowest BCUT2D eigenvalue weighted by molar-refractivity contribution is -0.0585. The normalized spacial score (nSPS) is 25.9. The lowest BCUT2D eigenvalue weighted by atomic mass is 10.2. The van der Waals surface area contributed by atoms with E-state index in [0.717, 1.165) is 24.0 Å². The molecule has 118 valence electrons. The third-order valence-corrected chi connectivity index (χ3v) is 3.80. The molecule has 3 rings (SSSR count). The number of rotatable bonds is 4. The van der Waals surface area contributed by atoms with Crippen LogP contribution in [0.5, 0.6) is 0 Å². The molecule has 2 unspecified atom stereocenters. The van der Waals surface area contributed by atoms with Gasteiger partial charge in [0.1, 0.15) is 12.5 Å². The van der Waals surface area contributed by atoms with E-state index in [1.165, 1.54) is 12.4 Å². The van der Waals surface area contributed by atoms with Crippen LogP contribution in [0.15, 0.2) is 83.0 Å². The van der Waals surface area contributed by atoms with E-state index in [2.05, 4.69) is 10.4 Å². The summed E-state index contributed by atoms with van der Waals surface area (Å²) in [5.74, 6) is 0. The van der Waals surface area contributed by atoms with E-state index in [9.17, 15) is 9.81 Å². The summed E-state index contributed by atoms with van der Waals surface area (Å²) in [5, 5.41) is 5.51. The van der Waals surface area contributed by atoms with Gasteiger partial charge >= 0.3 is 0 Å². The second kappa shape index (κ2) is 6.97. The second-order valence-electron chi connectivity index (χ2n) is 5.25. The van der Waals surface area contributed by atoms with Crippen molar-refractivity contribution >= 4 is 0 Å². The van der Waals surface area contributed by atoms with E-state index in [1.54, 1.807) is 0 Å². The van der Waals surface area contributed by atoms with Gasteiger partial charge in [-0.2, -0.15) is 0 Å². The molecule has 0 N–H and O–H groups in total. The van der Waals surface area contributed by atoms with E-state index >= 15 is 0 Å². The first-order valence-corrected chi connectivity index (χ1v) is 7.28. The number of nitrogens with zero attached hydrogens (tertiary/aromatic N) is 4. The summed E-state index contributed by atoms with van der Waals surface area (Å²) < 4.78 is 6.07. The number of allylic oxidation sites excluding steroid dienone is 6. The van der Waals surface area contributed by atoms with Crippen LogP contribution < -0.4 is 0 Å². The molecule has 3 aliphatic rings. The van der Waals surface area contributed by atoms with Gasteiger partial charge in [-0.1, -0.05) is 0 Å². The van der Waals surface area contributed by atoms with Crippen LogP contribution in [0.2, 0.25) is 0 Å². The summed E-state index contributed by atoms with van der Waals surface area (Å²) >= 11 is 0. The highest BCUT2D eigenvalue weighted by Gasteiger charge is 2.31. The molecule has 3 heterocycles. The van der Waals surface area contributed by atoms with Crippen molar-refractivity contribution in [3.63, 3.8) is 0 Å². The largest absolute Gasteiger partial charge is 0.335 e. The van der Waals surface area contributed by atoms with Crippen LogP contribution in [0.1, 0.15) is 12.8 Å². The Bertz CT molecular complexity index is 572. The van der Waals surface area contributed by atoms with Crippen molar-refractivity contribution in [2.75, 3.05) is 0 Å². The molecule has 0 aromatic carbocycles. The van der Waals surface area contributed by atoms with E-state index < -0.39 is 0 Å². The molecule has 1 saturated heterocycles. The average molecular weight is 312 g/mol. The molecule has 0 amide bonds. The first-order chi connectivity index (χ1) is 11.3. The van der Waals surface area contributed by atoms with Gasteiger partial charge in [0.2, 0.25) is 0 Å². The Morgan fingerprint density at radius 2 is 1.22 bits per heavy atom. The Hall–Kier alpha value is -2.80. The van der Waals surface area contributed by atoms with E-state index in [-0.39, 0.29) is 12.5 Å². The Labute approximate surface area is 133 Å². The van der Waals surface area contributed by atoms with Gasteiger partial charge in [0.15, 0.2) is 0 Å². The van der Waals surface area contributed by atoms with E-state index in [0.29, 0.717) is 0 Å². The molecule has 0 bridgehead atoms. The Morgan fingerprint density at radius 3 is 1.57 bits per heavy atom. The summed E-state index contributed by atoms with van der Waals surface area (Å²) in [4.78, 5) is 24.4. The molecule has 7 heteroatoms. The molecule has 0 aliphatic carbocycles. The van der Waals surface area contributed by atoms with Crippen LogP contribution >= 0.6 is 0 Å². The van der Waals surface area contributed by atoms with Gasteiger partial charge in [0.25, 0.3) is 0 Å². The lowest BCUT2D eigenvalue weighted by Crippen LogP contribution is -2.32. The monoisotopic (exact) mass is 312 g/mol. The molecule has 0 radical (unpaired) electrons. The van der Waals surface area contributed by atoms with Gasteiger partial charge in [0.05, 0.1) is 12.4 Å². The average Bonchev–Trinajstić information content (AvgIpc) is 3.07. The molecule has 0 saturated carbocycles. The quantitative estimate of drug-likeness (QED) is 0.743. The minimum atomic E-state index is -0.0476. The van der Waals surface area contributed by atoms with Gasteiger partial charge in [-0.3, -0.25) is 0 Å². The fraction of sp³-hybridized carbons (Fsp3) is 0.250. The topological polar surface area (TPSA) is 74.6 Å². The SMILES string of the molecule is O=NC=C1C=CN(C2CCC(N3C=CC(=CN=O)C=C3)O2)C=C1. The van der Waals surface area contributed by atoms with Crippen LogP contribution in [-0.2, 0) is 4.74 Å². The summed E-state index contributed by atoms with van der Waals surface area (Å²) in [6, 6.07) is 0. The van der Waals surface area contributed by atoms with Gasteiger partial charge in [-0.15, -0.1) is 9.81 Å². The maximum absolute atomic E-state index is 10.2. The van der Waals surface area contributed by atoms with Crippen LogP contribution in [0.4, 0.5) is 0 Å². The number of nitroso groups, excluding NO2 is 2. The predicted octanol–water partition coefficient (Wildman–Crippen LogP) is 3.44. The third-order valence-electron chi connectivity index (χ3n) is 3.80. The van der Waals surface area contributed by atoms with Crippen molar-refractivity contribution in [3.8, 4) is 0 Å². The molecule has 0 aromatic rings. The summed E-state index contributed by atoms with van der Waals surface area (Å²) in [6.07, 6.45) is 19.0. The summed E-state index contributed by atoms with van der Waals surface area (Å²) in [7, 11) is 0. The molecule has 0 spiro atoms. The zero-order valence-corrected chi connectivity index (χ0v) is 12.4. The van der Waals surface area contributed by atoms with Crippen molar-refractivity contribution in [2.24, 2.45) is 10.4 Å². The summed E-state index contributed by atoms with van der Waals surface area (Å²) in [6.45, 7) is 0. The van der Waals surface area contributed by atoms with Crippen LogP contribution in [0, 0.1) is 9.81 Å². The van der Waals surface area contributed by atoms with Crippen molar-refractivity contribution < 1.29 is 4.74 Å². The molecule has 2 atom stereocenters.